The Hall–Kier alpha value is -3.29. The fourth-order valence-electron chi connectivity index (χ4n) is 3.35. The molecule has 0 amide bonds. The lowest BCUT2D eigenvalue weighted by Gasteiger charge is -2.10. The van der Waals surface area contributed by atoms with Crippen LogP contribution in [-0.2, 0) is 19.5 Å². The van der Waals surface area contributed by atoms with Crippen molar-refractivity contribution in [1.29, 1.82) is 0 Å². The van der Waals surface area contributed by atoms with Crippen LogP contribution in [0.3, 0.4) is 0 Å². The van der Waals surface area contributed by atoms with Crippen LogP contribution in [-0.4, -0.2) is 24.7 Å². The van der Waals surface area contributed by atoms with Gasteiger partial charge in [0.1, 0.15) is 11.6 Å². The summed E-state index contributed by atoms with van der Waals surface area (Å²) in [6.45, 7) is 1.41. The van der Waals surface area contributed by atoms with Crippen molar-refractivity contribution in [3.8, 4) is 11.3 Å². The highest BCUT2D eigenvalue weighted by atomic mass is 16.6. The zero-order valence-electron chi connectivity index (χ0n) is 14.8. The van der Waals surface area contributed by atoms with Gasteiger partial charge in [-0.3, -0.25) is 10.1 Å². The van der Waals surface area contributed by atoms with Gasteiger partial charge in [-0.15, -0.1) is 10.2 Å². The number of hydrogen-bond donors (Lipinski definition) is 1. The van der Waals surface area contributed by atoms with Crippen molar-refractivity contribution in [2.45, 2.75) is 38.8 Å². The molecule has 0 atom stereocenters. The Bertz CT molecular complexity index is 954. The summed E-state index contributed by atoms with van der Waals surface area (Å²) in [4.78, 5) is 15.4. The lowest BCUT2D eigenvalue weighted by atomic mass is 10.1. The number of nitrogens with zero attached hydrogens (tertiary/aromatic N) is 5. The second-order valence-corrected chi connectivity index (χ2v) is 6.54. The quantitative estimate of drug-likeness (QED) is 0.549. The number of benzene rings is 1. The molecule has 0 unspecified atom stereocenters. The normalized spacial score (nSPS) is 13.6. The molecule has 3 aromatic rings. The zero-order valence-corrected chi connectivity index (χ0v) is 14.8. The number of nitrogens with one attached hydrogen (secondary N) is 1. The van der Waals surface area contributed by atoms with E-state index in [0.717, 1.165) is 37.5 Å². The van der Waals surface area contributed by atoms with Crippen LogP contribution in [0.1, 0.15) is 30.9 Å². The Morgan fingerprint density at radius 1 is 1.07 bits per heavy atom. The fraction of sp³-hybridized carbons (Fsp3) is 0.316. The molecule has 1 aliphatic rings. The Morgan fingerprint density at radius 3 is 2.74 bits per heavy atom. The minimum atomic E-state index is -0.405. The second-order valence-electron chi connectivity index (χ2n) is 6.54. The third kappa shape index (κ3) is 3.64. The van der Waals surface area contributed by atoms with E-state index in [1.165, 1.54) is 12.5 Å². The lowest BCUT2D eigenvalue weighted by molar-refractivity contribution is -0.384. The Balaban J connectivity index is 1.58. The van der Waals surface area contributed by atoms with Gasteiger partial charge in [-0.05, 0) is 18.9 Å². The van der Waals surface area contributed by atoms with Gasteiger partial charge in [-0.2, -0.15) is 0 Å². The fourth-order valence-corrected chi connectivity index (χ4v) is 3.35. The third-order valence-electron chi connectivity index (χ3n) is 4.73. The van der Waals surface area contributed by atoms with Crippen molar-refractivity contribution in [2.24, 2.45) is 0 Å². The molecule has 1 aromatic carbocycles. The summed E-state index contributed by atoms with van der Waals surface area (Å²) >= 11 is 0. The molecule has 0 spiro atoms. The predicted octanol–water partition coefficient (Wildman–Crippen LogP) is 3.59. The summed E-state index contributed by atoms with van der Waals surface area (Å²) in [7, 11) is 0. The Labute approximate surface area is 156 Å². The number of pyridine rings is 1. The molecular formula is C19H20N6O2. The third-order valence-corrected chi connectivity index (χ3v) is 4.73. The van der Waals surface area contributed by atoms with E-state index in [-0.39, 0.29) is 5.69 Å². The monoisotopic (exact) mass is 364 g/mol. The maximum Gasteiger partial charge on any atom is 0.295 e. The molecule has 138 valence electrons. The lowest BCUT2D eigenvalue weighted by Crippen LogP contribution is -2.11. The van der Waals surface area contributed by atoms with Crippen molar-refractivity contribution >= 4 is 11.5 Å². The highest BCUT2D eigenvalue weighted by Gasteiger charge is 2.18. The number of nitro groups is 1. The minimum Gasteiger partial charge on any atom is -0.363 e. The number of hydrogen-bond acceptors (Lipinski definition) is 6. The molecule has 2 aromatic heterocycles. The minimum absolute atomic E-state index is 0.0110. The molecule has 0 aliphatic carbocycles. The number of rotatable bonds is 5. The molecule has 3 heterocycles. The molecule has 1 N–H and O–H groups in total. The molecule has 0 bridgehead atoms. The van der Waals surface area contributed by atoms with Crippen molar-refractivity contribution < 1.29 is 4.92 Å². The number of anilines is 1. The van der Waals surface area contributed by atoms with Crippen LogP contribution in [0.4, 0.5) is 11.5 Å². The maximum absolute atomic E-state index is 11.4. The molecule has 0 saturated heterocycles. The van der Waals surface area contributed by atoms with Crippen LogP contribution >= 0.6 is 0 Å². The first-order valence-electron chi connectivity index (χ1n) is 9.08. The van der Waals surface area contributed by atoms with Crippen LogP contribution in [0.25, 0.3) is 11.3 Å². The van der Waals surface area contributed by atoms with E-state index >= 15 is 0 Å². The smallest absolute Gasteiger partial charge is 0.295 e. The zero-order chi connectivity index (χ0) is 18.6. The van der Waals surface area contributed by atoms with Gasteiger partial charge < -0.3 is 9.88 Å². The van der Waals surface area contributed by atoms with Gasteiger partial charge in [0.25, 0.3) is 5.69 Å². The average molecular weight is 364 g/mol. The van der Waals surface area contributed by atoms with Crippen LogP contribution in [0, 0.1) is 10.1 Å². The predicted molar refractivity (Wildman–Crippen MR) is 101 cm³/mol. The van der Waals surface area contributed by atoms with E-state index < -0.39 is 4.92 Å². The number of aryl methyl sites for hydroxylation is 1. The van der Waals surface area contributed by atoms with Gasteiger partial charge >= 0.3 is 0 Å². The van der Waals surface area contributed by atoms with Gasteiger partial charge in [0.05, 0.1) is 11.5 Å². The van der Waals surface area contributed by atoms with Crippen molar-refractivity contribution in [3.63, 3.8) is 0 Å². The molecule has 0 saturated carbocycles. The van der Waals surface area contributed by atoms with Crippen LogP contribution in [0.2, 0.25) is 0 Å². The standard InChI is InChI=1S/C19H20N6O2/c26-25(27)15-10-11-16(21-19(15)14-7-3-1-4-8-14)20-13-18-23-22-17-9-5-2-6-12-24(17)18/h1,3-4,7-8,10-11H,2,5-6,9,12-13H2,(H,20,21). The summed E-state index contributed by atoms with van der Waals surface area (Å²) < 4.78 is 2.17. The summed E-state index contributed by atoms with van der Waals surface area (Å²) in [5, 5.41) is 23.2. The highest BCUT2D eigenvalue weighted by Crippen LogP contribution is 2.29. The van der Waals surface area contributed by atoms with Gasteiger partial charge in [-0.1, -0.05) is 36.8 Å². The second kappa shape index (κ2) is 7.53. The first-order chi connectivity index (χ1) is 13.2. The summed E-state index contributed by atoms with van der Waals surface area (Å²) in [5.41, 5.74) is 1.05. The summed E-state index contributed by atoms with van der Waals surface area (Å²) in [5.74, 6) is 2.48. The highest BCUT2D eigenvalue weighted by molar-refractivity contribution is 5.71. The molecule has 8 nitrogen and oxygen atoms in total. The number of aromatic nitrogens is 4. The average Bonchev–Trinajstić information content (AvgIpc) is 2.92. The van der Waals surface area contributed by atoms with E-state index in [1.807, 2.05) is 30.3 Å². The molecule has 0 radical (unpaired) electrons. The van der Waals surface area contributed by atoms with Crippen LogP contribution in [0.15, 0.2) is 42.5 Å². The van der Waals surface area contributed by atoms with Gasteiger partial charge in [0, 0.05) is 24.6 Å². The summed E-state index contributed by atoms with van der Waals surface area (Å²) in [6, 6.07) is 12.3. The van der Waals surface area contributed by atoms with Gasteiger partial charge in [0.15, 0.2) is 11.5 Å². The van der Waals surface area contributed by atoms with E-state index in [1.54, 1.807) is 6.07 Å². The molecular weight excluding hydrogens is 344 g/mol. The van der Waals surface area contributed by atoms with E-state index in [9.17, 15) is 10.1 Å². The van der Waals surface area contributed by atoms with E-state index in [0.29, 0.717) is 23.6 Å². The Kier molecular flexibility index (Phi) is 4.78. The molecule has 4 rings (SSSR count). The van der Waals surface area contributed by atoms with Gasteiger partial charge in [-0.25, -0.2) is 4.98 Å². The van der Waals surface area contributed by atoms with Crippen molar-refractivity contribution in [3.05, 3.63) is 64.2 Å². The number of fused-ring (bicyclic) bond motifs is 1. The van der Waals surface area contributed by atoms with Crippen LogP contribution < -0.4 is 5.32 Å². The Morgan fingerprint density at radius 2 is 1.93 bits per heavy atom. The van der Waals surface area contributed by atoms with E-state index in [4.69, 9.17) is 0 Å². The maximum atomic E-state index is 11.4. The largest absolute Gasteiger partial charge is 0.363 e. The van der Waals surface area contributed by atoms with E-state index in [2.05, 4.69) is 25.1 Å². The first-order valence-corrected chi connectivity index (χ1v) is 9.08. The SMILES string of the molecule is O=[N+]([O-])c1ccc(NCc2nnc3n2CCCCC3)nc1-c1ccccc1. The summed E-state index contributed by atoms with van der Waals surface area (Å²) in [6.07, 6.45) is 4.45. The van der Waals surface area contributed by atoms with Crippen molar-refractivity contribution in [2.75, 3.05) is 5.32 Å². The first kappa shape index (κ1) is 17.1. The van der Waals surface area contributed by atoms with Crippen LogP contribution in [0.5, 0.6) is 0 Å². The molecule has 0 fully saturated rings. The van der Waals surface area contributed by atoms with Gasteiger partial charge in [0.2, 0.25) is 0 Å². The van der Waals surface area contributed by atoms with Crippen molar-refractivity contribution in [1.82, 2.24) is 19.7 Å². The molecule has 1 aliphatic heterocycles. The topological polar surface area (TPSA) is 98.8 Å². The molecule has 27 heavy (non-hydrogen) atoms. The molecule has 8 heteroatoms.